The zero-order chi connectivity index (χ0) is 22.0. The van der Waals surface area contributed by atoms with Gasteiger partial charge in [0.2, 0.25) is 0 Å². The van der Waals surface area contributed by atoms with Crippen LogP contribution in [0.5, 0.6) is 0 Å². The van der Waals surface area contributed by atoms with Crippen molar-refractivity contribution in [2.75, 3.05) is 43.9 Å². The number of fused-ring (bicyclic) bond motifs is 1. The number of amides is 1. The van der Waals surface area contributed by atoms with Crippen LogP contribution in [0, 0.1) is 10.8 Å². The highest BCUT2D eigenvalue weighted by molar-refractivity contribution is 6.15. The quantitative estimate of drug-likeness (QED) is 0.389. The third-order valence-electron chi connectivity index (χ3n) is 5.51. The number of nitrogens with two attached hydrogens (primary N) is 2. The lowest BCUT2D eigenvalue weighted by Crippen LogP contribution is -2.72. The van der Waals surface area contributed by atoms with Crippen LogP contribution in [0.1, 0.15) is 16.8 Å². The minimum absolute atomic E-state index is 0.00754. The maximum absolute atomic E-state index is 11.7. The van der Waals surface area contributed by atoms with Gasteiger partial charge in [0.25, 0.3) is 0 Å². The van der Waals surface area contributed by atoms with E-state index in [-0.39, 0.29) is 17.8 Å². The van der Waals surface area contributed by atoms with Crippen LogP contribution in [-0.2, 0) is 4.74 Å². The van der Waals surface area contributed by atoms with E-state index in [0.717, 1.165) is 11.1 Å². The van der Waals surface area contributed by atoms with Crippen molar-refractivity contribution in [2.45, 2.75) is 6.04 Å². The van der Waals surface area contributed by atoms with Crippen LogP contribution in [0.15, 0.2) is 36.8 Å². The molecule has 2 saturated heterocycles. The van der Waals surface area contributed by atoms with Crippen molar-refractivity contribution in [2.24, 2.45) is 0 Å². The van der Waals surface area contributed by atoms with E-state index >= 15 is 0 Å². The summed E-state index contributed by atoms with van der Waals surface area (Å²) in [6.45, 7) is 2.20. The van der Waals surface area contributed by atoms with Crippen LogP contribution in [0.2, 0.25) is 0 Å². The maximum atomic E-state index is 11.7. The highest BCUT2D eigenvalue weighted by atomic mass is 16.6. The number of cyclic esters (lactones) is 1. The van der Waals surface area contributed by atoms with Crippen molar-refractivity contribution in [3.05, 3.63) is 53.6 Å². The van der Waals surface area contributed by atoms with Crippen LogP contribution in [0.3, 0.4) is 0 Å². The van der Waals surface area contributed by atoms with E-state index in [1.165, 1.54) is 12.5 Å². The van der Waals surface area contributed by atoms with Crippen molar-refractivity contribution in [3.8, 4) is 0 Å². The van der Waals surface area contributed by atoms with Crippen LogP contribution >= 0.6 is 0 Å². The minimum atomic E-state index is -0.260. The van der Waals surface area contributed by atoms with Crippen molar-refractivity contribution < 1.29 is 14.8 Å². The molecule has 3 heterocycles. The molecule has 4 rings (SSSR count). The number of anilines is 2. The molecule has 2 aromatic rings. The number of nitrogens with one attached hydrogen (secondary N) is 2. The van der Waals surface area contributed by atoms with Crippen LogP contribution < -0.4 is 16.0 Å². The molecule has 1 aromatic carbocycles. The average Bonchev–Trinajstić information content (AvgIpc) is 3.17. The molecule has 2 aliphatic rings. The lowest BCUT2D eigenvalue weighted by Gasteiger charge is -2.36. The van der Waals surface area contributed by atoms with Crippen molar-refractivity contribution in [1.82, 2.24) is 14.9 Å². The van der Waals surface area contributed by atoms with Crippen LogP contribution in [0.25, 0.3) is 5.57 Å². The summed E-state index contributed by atoms with van der Waals surface area (Å²) in [4.78, 5) is 24.2. The fourth-order valence-electron chi connectivity index (χ4n) is 3.85. The summed E-state index contributed by atoms with van der Waals surface area (Å²) in [5.41, 5.74) is 9.35. The first-order valence-electron chi connectivity index (χ1n) is 10.0. The summed E-state index contributed by atoms with van der Waals surface area (Å²) in [6, 6.07) is 7.16. The Balaban J connectivity index is 1.60. The molecule has 1 amide bonds. The molecule has 0 spiro atoms. The SMILES string of the molecule is C[NH2+]/C=C(\C=N)c1ccc(N)c(C(=N)c2cc(N3CCN4C(=O)OCC4C3)ncn2)c1. The van der Waals surface area contributed by atoms with Gasteiger partial charge in [0, 0.05) is 43.2 Å². The molecule has 10 nitrogen and oxygen atoms in total. The topological polar surface area (TPSA) is 149 Å². The lowest BCUT2D eigenvalue weighted by molar-refractivity contribution is -0.555. The number of ether oxygens (including phenoxy) is 1. The third-order valence-corrected chi connectivity index (χ3v) is 5.51. The number of hydrogen-bond donors (Lipinski definition) is 4. The maximum Gasteiger partial charge on any atom is 0.410 e. The summed E-state index contributed by atoms with van der Waals surface area (Å²) in [6.07, 6.45) is 4.30. The number of allylic oxidation sites excluding steroid dienone is 1. The Bertz CT molecular complexity index is 1070. The van der Waals surface area contributed by atoms with E-state index in [2.05, 4.69) is 14.9 Å². The summed E-state index contributed by atoms with van der Waals surface area (Å²) >= 11 is 0. The van der Waals surface area contributed by atoms with E-state index in [1.54, 1.807) is 23.1 Å². The molecule has 1 atom stereocenters. The molecule has 0 saturated carbocycles. The van der Waals surface area contributed by atoms with Gasteiger partial charge < -0.3 is 26.1 Å². The Hall–Kier alpha value is -3.79. The van der Waals surface area contributed by atoms with Crippen molar-refractivity contribution in [3.63, 3.8) is 0 Å². The molecule has 0 radical (unpaired) electrons. The molecule has 0 bridgehead atoms. The fraction of sp³-hybridized carbons (Fsp3) is 0.286. The summed E-state index contributed by atoms with van der Waals surface area (Å²) in [5, 5.41) is 18.2. The molecule has 31 heavy (non-hydrogen) atoms. The number of rotatable bonds is 6. The first-order chi connectivity index (χ1) is 15.0. The molecule has 0 aliphatic carbocycles. The van der Waals surface area contributed by atoms with Gasteiger partial charge in [-0.25, -0.2) is 14.8 Å². The number of nitrogens with zero attached hydrogens (tertiary/aromatic N) is 4. The van der Waals surface area contributed by atoms with Gasteiger partial charge in [-0.05, 0) is 17.7 Å². The van der Waals surface area contributed by atoms with Gasteiger partial charge in [0.1, 0.15) is 25.0 Å². The van der Waals surface area contributed by atoms with Gasteiger partial charge in [-0.1, -0.05) is 6.07 Å². The number of quaternary nitrogens is 1. The van der Waals surface area contributed by atoms with Gasteiger partial charge in [0.15, 0.2) is 0 Å². The number of nitrogen functional groups attached to an aromatic ring is 1. The second kappa shape index (κ2) is 8.52. The zero-order valence-electron chi connectivity index (χ0n) is 17.2. The van der Waals surface area contributed by atoms with Crippen molar-refractivity contribution >= 4 is 35.1 Å². The monoisotopic (exact) mass is 421 g/mol. The summed E-state index contributed by atoms with van der Waals surface area (Å²) in [5.74, 6) is 0.698. The van der Waals surface area contributed by atoms with Gasteiger partial charge >= 0.3 is 6.09 Å². The second-order valence-corrected chi connectivity index (χ2v) is 7.41. The number of piperazine rings is 1. The second-order valence-electron chi connectivity index (χ2n) is 7.41. The minimum Gasteiger partial charge on any atom is -0.447 e. The van der Waals surface area contributed by atoms with Gasteiger partial charge in [-0.2, -0.15) is 0 Å². The predicted molar refractivity (Wildman–Crippen MR) is 117 cm³/mol. The van der Waals surface area contributed by atoms with E-state index < -0.39 is 0 Å². The average molecular weight is 421 g/mol. The van der Waals surface area contributed by atoms with E-state index in [9.17, 15) is 4.79 Å². The number of carbonyl (C=O) groups excluding carboxylic acids is 1. The Kier molecular flexibility index (Phi) is 5.63. The fourth-order valence-corrected chi connectivity index (χ4v) is 3.85. The van der Waals surface area contributed by atoms with E-state index in [4.69, 9.17) is 21.3 Å². The number of aromatic nitrogens is 2. The summed E-state index contributed by atoms with van der Waals surface area (Å²) < 4.78 is 5.13. The molecule has 1 aromatic heterocycles. The predicted octanol–water partition coefficient (Wildman–Crippen LogP) is 0.299. The first kappa shape index (κ1) is 20.5. The molecular formula is C21H25N8O2+. The lowest BCUT2D eigenvalue weighted by atomic mass is 9.98. The van der Waals surface area contributed by atoms with Crippen LogP contribution in [0.4, 0.5) is 16.3 Å². The van der Waals surface area contributed by atoms with Gasteiger partial charge in [-0.3, -0.25) is 10.3 Å². The molecule has 160 valence electrons. The molecule has 2 aliphatic heterocycles. The number of benzene rings is 1. The van der Waals surface area contributed by atoms with Gasteiger partial charge in [-0.15, -0.1) is 0 Å². The van der Waals surface area contributed by atoms with E-state index in [0.29, 0.717) is 49.0 Å². The highest BCUT2D eigenvalue weighted by Crippen LogP contribution is 2.24. The van der Waals surface area contributed by atoms with E-state index in [1.807, 2.05) is 24.6 Å². The molecule has 1 unspecified atom stereocenters. The first-order valence-corrected chi connectivity index (χ1v) is 10.0. The smallest absolute Gasteiger partial charge is 0.410 e. The highest BCUT2D eigenvalue weighted by Gasteiger charge is 2.37. The molecule has 10 heteroatoms. The van der Waals surface area contributed by atoms with Gasteiger partial charge in [0.05, 0.1) is 30.1 Å². The normalized spacial score (nSPS) is 18.5. The molecule has 6 N–H and O–H groups in total. The zero-order valence-corrected chi connectivity index (χ0v) is 17.2. The number of hydrogen-bond acceptors (Lipinski definition) is 8. The summed E-state index contributed by atoms with van der Waals surface area (Å²) in [7, 11) is 1.89. The van der Waals surface area contributed by atoms with Crippen molar-refractivity contribution in [1.29, 1.82) is 10.8 Å². The largest absolute Gasteiger partial charge is 0.447 e. The number of carbonyl (C=O) groups is 1. The Morgan fingerprint density at radius 2 is 2.16 bits per heavy atom. The third kappa shape index (κ3) is 3.97. The Morgan fingerprint density at radius 1 is 1.32 bits per heavy atom. The van der Waals surface area contributed by atoms with Crippen LogP contribution in [-0.4, -0.2) is 72.2 Å². The Labute approximate surface area is 179 Å². The standard InChI is InChI=1S/C21H24N8O2/c1-25-9-14(8-22)13-2-3-17(23)16(6-13)20(24)18-7-19(27-12-26-18)28-4-5-29-15(10-28)11-31-21(29)30/h2-3,6-9,12,15,22,24-25H,4-5,10-11,23H2,1H3/p+1/b14-9+,22-8?,24-20?. The molecular weight excluding hydrogens is 396 g/mol. The Morgan fingerprint density at radius 3 is 2.94 bits per heavy atom. The molecule has 2 fully saturated rings.